The monoisotopic (exact) mass is 395 g/mol. The van der Waals surface area contributed by atoms with Gasteiger partial charge in [0, 0.05) is 5.41 Å². The highest BCUT2D eigenvalue weighted by Gasteiger charge is 2.41. The average molecular weight is 396 g/mol. The van der Waals surface area contributed by atoms with Crippen LogP contribution >= 0.6 is 0 Å². The van der Waals surface area contributed by atoms with E-state index in [1.165, 1.54) is 39.8 Å². The third kappa shape index (κ3) is 7.16. The molecular formula is C28H45N. The molecule has 2 N–H and O–H groups in total. The lowest BCUT2D eigenvalue weighted by Gasteiger charge is -2.16. The molecule has 2 unspecified atom stereocenters. The van der Waals surface area contributed by atoms with Crippen LogP contribution in [0.2, 0.25) is 0 Å². The van der Waals surface area contributed by atoms with Crippen LogP contribution in [0.5, 0.6) is 0 Å². The molecule has 0 spiro atoms. The Morgan fingerprint density at radius 1 is 1.14 bits per heavy atom. The van der Waals surface area contributed by atoms with Crippen LogP contribution in [-0.2, 0) is 6.42 Å². The molecule has 0 saturated heterocycles. The Kier molecular flexibility index (Phi) is 11.8. The maximum atomic E-state index is 4.85. The molecule has 0 amide bonds. The van der Waals surface area contributed by atoms with E-state index in [1.54, 1.807) is 0 Å². The molecular weight excluding hydrogens is 350 g/mol. The molecule has 0 heterocycles. The summed E-state index contributed by atoms with van der Waals surface area (Å²) in [4.78, 5) is 0. The van der Waals surface area contributed by atoms with Crippen LogP contribution in [0.3, 0.4) is 0 Å². The van der Waals surface area contributed by atoms with Gasteiger partial charge in [0.05, 0.1) is 0 Å². The number of nitrogens with two attached hydrogens (primary N) is 1. The Morgan fingerprint density at radius 2 is 1.69 bits per heavy atom. The molecule has 0 aromatic heterocycles. The fourth-order valence-electron chi connectivity index (χ4n) is 3.16. The summed E-state index contributed by atoms with van der Waals surface area (Å²) in [5.74, 6) is 0.617. The van der Waals surface area contributed by atoms with E-state index >= 15 is 0 Å². The lowest BCUT2D eigenvalue weighted by atomic mass is 9.87. The second-order valence-electron chi connectivity index (χ2n) is 7.91. The molecule has 1 aromatic carbocycles. The Balaban J connectivity index is 0.00000143. The van der Waals surface area contributed by atoms with Crippen molar-refractivity contribution in [3.05, 3.63) is 76.4 Å². The van der Waals surface area contributed by atoms with Crippen LogP contribution in [-0.4, -0.2) is 6.54 Å². The maximum absolute atomic E-state index is 4.85. The summed E-state index contributed by atoms with van der Waals surface area (Å²) in [6.07, 6.45) is 6.87. The standard InChI is InChI=1S/C24H32.C2H7N.C2H6/c1-9-18(7)20-11-12-21(19(10-2)13-20)14-22(16(3)4)23-15-24(23,8)17(5)6;1-2-3;1-2/h11-15,18H,3,5,9-10H2,1-2,4,6-8H3;2-3H2,1H3;1-2H3/b22-14+;;. The van der Waals surface area contributed by atoms with Gasteiger partial charge in [0.1, 0.15) is 0 Å². The fraction of sp³-hybridized carbons (Fsp3) is 0.500. The van der Waals surface area contributed by atoms with Crippen LogP contribution < -0.4 is 5.73 Å². The number of aryl methyl sites for hydroxylation is 1. The Bertz CT molecular complexity index is 748. The van der Waals surface area contributed by atoms with Gasteiger partial charge in [-0.3, -0.25) is 0 Å². The molecule has 0 fully saturated rings. The molecule has 0 bridgehead atoms. The van der Waals surface area contributed by atoms with E-state index in [1.807, 2.05) is 20.8 Å². The highest BCUT2D eigenvalue weighted by atomic mass is 14.5. The quantitative estimate of drug-likeness (QED) is 0.365. The predicted molar refractivity (Wildman–Crippen MR) is 134 cm³/mol. The van der Waals surface area contributed by atoms with Crippen LogP contribution in [0.15, 0.2) is 59.7 Å². The number of allylic oxidation sites excluding steroid dienone is 5. The van der Waals surface area contributed by atoms with Gasteiger partial charge in [0.15, 0.2) is 0 Å². The van der Waals surface area contributed by atoms with E-state index in [0.29, 0.717) is 5.92 Å². The van der Waals surface area contributed by atoms with Crippen LogP contribution in [0, 0.1) is 5.41 Å². The van der Waals surface area contributed by atoms with Gasteiger partial charge in [-0.25, -0.2) is 0 Å². The summed E-state index contributed by atoms with van der Waals surface area (Å²) < 4.78 is 0. The molecule has 1 aliphatic rings. The van der Waals surface area contributed by atoms with Crippen molar-refractivity contribution >= 4 is 6.08 Å². The van der Waals surface area contributed by atoms with Crippen molar-refractivity contribution in [3.63, 3.8) is 0 Å². The molecule has 1 heteroatoms. The zero-order valence-corrected chi connectivity index (χ0v) is 20.6. The smallest absolute Gasteiger partial charge is 0.0317 e. The third-order valence-electron chi connectivity index (χ3n) is 5.57. The summed E-state index contributed by atoms with van der Waals surface area (Å²) in [5.41, 5.74) is 14.0. The van der Waals surface area contributed by atoms with Crippen molar-refractivity contribution in [2.45, 2.75) is 81.1 Å². The Morgan fingerprint density at radius 3 is 2.07 bits per heavy atom. The SMILES string of the molecule is C=C(C)/C(=C\c1ccc(C(C)CC)cc1CC)C1=CC1(C)C(=C)C.CC.CCN. The summed E-state index contributed by atoms with van der Waals surface area (Å²) in [6, 6.07) is 6.95. The van der Waals surface area contributed by atoms with Crippen LogP contribution in [0.1, 0.15) is 91.3 Å². The van der Waals surface area contributed by atoms with Crippen molar-refractivity contribution < 1.29 is 0 Å². The third-order valence-corrected chi connectivity index (χ3v) is 5.57. The van der Waals surface area contributed by atoms with Crippen molar-refractivity contribution in [1.82, 2.24) is 0 Å². The summed E-state index contributed by atoms with van der Waals surface area (Å²) >= 11 is 0. The molecule has 1 aromatic rings. The lowest BCUT2D eigenvalue weighted by Crippen LogP contribution is -2.02. The molecule has 1 aliphatic carbocycles. The normalized spacial score (nSPS) is 18.4. The van der Waals surface area contributed by atoms with Gasteiger partial charge in [-0.1, -0.05) is 90.1 Å². The molecule has 0 radical (unpaired) electrons. The van der Waals surface area contributed by atoms with Gasteiger partial charge in [-0.05, 0) is 80.0 Å². The summed E-state index contributed by atoms with van der Waals surface area (Å²) in [6.45, 7) is 28.3. The first kappa shape index (κ1) is 27.1. The molecule has 29 heavy (non-hydrogen) atoms. The predicted octanol–water partition coefficient (Wildman–Crippen LogP) is 8.24. The first-order chi connectivity index (χ1) is 13.7. The molecule has 0 aliphatic heterocycles. The van der Waals surface area contributed by atoms with Gasteiger partial charge in [-0.15, -0.1) is 0 Å². The second kappa shape index (κ2) is 12.6. The van der Waals surface area contributed by atoms with Gasteiger partial charge in [-0.2, -0.15) is 0 Å². The minimum atomic E-state index is 0.0494. The molecule has 2 rings (SSSR count). The number of benzene rings is 1. The van der Waals surface area contributed by atoms with Crippen LogP contribution in [0.25, 0.3) is 6.08 Å². The van der Waals surface area contributed by atoms with Crippen LogP contribution in [0.4, 0.5) is 0 Å². The van der Waals surface area contributed by atoms with E-state index in [2.05, 4.69) is 85.1 Å². The zero-order chi connectivity index (χ0) is 22.8. The van der Waals surface area contributed by atoms with E-state index in [-0.39, 0.29) is 5.41 Å². The first-order valence-corrected chi connectivity index (χ1v) is 11.3. The highest BCUT2D eigenvalue weighted by molar-refractivity contribution is 5.74. The van der Waals surface area contributed by atoms with Crippen molar-refractivity contribution in [1.29, 1.82) is 0 Å². The maximum Gasteiger partial charge on any atom is 0.0317 e. The number of hydrogen-bond donors (Lipinski definition) is 1. The number of hydrogen-bond acceptors (Lipinski definition) is 1. The highest BCUT2D eigenvalue weighted by Crippen LogP contribution is 2.54. The van der Waals surface area contributed by atoms with Crippen molar-refractivity contribution in [2.24, 2.45) is 11.1 Å². The van der Waals surface area contributed by atoms with Gasteiger partial charge < -0.3 is 5.73 Å². The first-order valence-electron chi connectivity index (χ1n) is 11.3. The average Bonchev–Trinajstić information content (AvgIpc) is 3.40. The number of rotatable bonds is 7. The minimum Gasteiger partial charge on any atom is -0.331 e. The molecule has 162 valence electrons. The summed E-state index contributed by atoms with van der Waals surface area (Å²) in [7, 11) is 0. The second-order valence-corrected chi connectivity index (χ2v) is 7.91. The zero-order valence-electron chi connectivity index (χ0n) is 20.6. The Hall–Kier alpha value is -1.86. The molecule has 1 nitrogen and oxygen atoms in total. The lowest BCUT2D eigenvalue weighted by molar-refractivity contribution is 0.732. The fourth-order valence-corrected chi connectivity index (χ4v) is 3.16. The van der Waals surface area contributed by atoms with Crippen molar-refractivity contribution in [3.8, 4) is 0 Å². The van der Waals surface area contributed by atoms with E-state index in [0.717, 1.165) is 18.5 Å². The van der Waals surface area contributed by atoms with Gasteiger partial charge in [0.2, 0.25) is 0 Å². The van der Waals surface area contributed by atoms with E-state index in [9.17, 15) is 0 Å². The summed E-state index contributed by atoms with van der Waals surface area (Å²) in [5, 5.41) is 0. The Labute approximate surface area is 181 Å². The van der Waals surface area contributed by atoms with Gasteiger partial charge in [0.25, 0.3) is 0 Å². The largest absolute Gasteiger partial charge is 0.331 e. The minimum absolute atomic E-state index is 0.0494. The topological polar surface area (TPSA) is 26.0 Å². The van der Waals surface area contributed by atoms with Gasteiger partial charge >= 0.3 is 0 Å². The van der Waals surface area contributed by atoms with E-state index < -0.39 is 0 Å². The molecule has 2 atom stereocenters. The van der Waals surface area contributed by atoms with E-state index in [4.69, 9.17) is 5.73 Å². The van der Waals surface area contributed by atoms with Crippen molar-refractivity contribution in [2.75, 3.05) is 6.54 Å². The molecule has 0 saturated carbocycles.